The highest BCUT2D eigenvalue weighted by atomic mass is 16.5. The molecule has 0 aliphatic heterocycles. The second-order valence-corrected chi connectivity index (χ2v) is 5.00. The van der Waals surface area contributed by atoms with E-state index in [1.807, 2.05) is 24.3 Å². The molecule has 0 radical (unpaired) electrons. The molecule has 1 unspecified atom stereocenters. The van der Waals surface area contributed by atoms with Crippen molar-refractivity contribution in [3.05, 3.63) is 29.8 Å². The molecular formula is C14H21NO3. The maximum Gasteiger partial charge on any atom is 0.118 e. The average molecular weight is 251 g/mol. The Balaban J connectivity index is 1.77. The molecule has 1 atom stereocenters. The van der Waals surface area contributed by atoms with E-state index < -0.39 is 11.7 Å². The van der Waals surface area contributed by atoms with Crippen LogP contribution in [0.1, 0.15) is 30.9 Å². The number of methoxy groups -OCH3 is 1. The summed E-state index contributed by atoms with van der Waals surface area (Å²) in [5, 5.41) is 23.0. The summed E-state index contributed by atoms with van der Waals surface area (Å²) in [4.78, 5) is 0. The number of hydrogen-bond acceptors (Lipinski definition) is 4. The molecule has 0 saturated heterocycles. The quantitative estimate of drug-likeness (QED) is 0.711. The fourth-order valence-electron chi connectivity index (χ4n) is 2.15. The van der Waals surface area contributed by atoms with Gasteiger partial charge in [0, 0.05) is 13.1 Å². The van der Waals surface area contributed by atoms with Crippen LogP contribution in [-0.4, -0.2) is 36.0 Å². The van der Waals surface area contributed by atoms with Crippen LogP contribution < -0.4 is 10.1 Å². The van der Waals surface area contributed by atoms with Gasteiger partial charge >= 0.3 is 0 Å². The zero-order valence-electron chi connectivity index (χ0n) is 10.7. The van der Waals surface area contributed by atoms with Crippen LogP contribution in [0, 0.1) is 0 Å². The first-order chi connectivity index (χ1) is 8.63. The fraction of sp³-hybridized carbons (Fsp3) is 0.571. The highest BCUT2D eigenvalue weighted by molar-refractivity contribution is 5.28. The Labute approximate surface area is 108 Å². The fourth-order valence-corrected chi connectivity index (χ4v) is 2.15. The molecule has 1 aliphatic rings. The molecule has 1 aromatic rings. The summed E-state index contributed by atoms with van der Waals surface area (Å²) in [7, 11) is 1.62. The zero-order valence-corrected chi connectivity index (χ0v) is 10.7. The molecule has 0 amide bonds. The minimum absolute atomic E-state index is 0.453. The van der Waals surface area contributed by atoms with Crippen LogP contribution in [0.3, 0.4) is 0 Å². The SMILES string of the molecule is COc1ccc(C(O)CNCC2(O)CCC2)cc1. The van der Waals surface area contributed by atoms with Gasteiger partial charge in [-0.1, -0.05) is 12.1 Å². The Kier molecular flexibility index (Phi) is 4.22. The predicted molar refractivity (Wildman–Crippen MR) is 69.6 cm³/mol. The Morgan fingerprint density at radius 2 is 2.00 bits per heavy atom. The summed E-state index contributed by atoms with van der Waals surface area (Å²) in [6.45, 7) is 1.01. The van der Waals surface area contributed by atoms with Crippen LogP contribution in [0.25, 0.3) is 0 Å². The summed E-state index contributed by atoms with van der Waals surface area (Å²) in [5.41, 5.74) is 0.309. The molecule has 4 heteroatoms. The third-order valence-electron chi connectivity index (χ3n) is 3.58. The minimum atomic E-state index is -0.556. The molecule has 2 rings (SSSR count). The predicted octanol–water partition coefficient (Wildman–Crippen LogP) is 1.23. The topological polar surface area (TPSA) is 61.7 Å². The molecule has 100 valence electrons. The number of nitrogens with one attached hydrogen (secondary N) is 1. The molecule has 18 heavy (non-hydrogen) atoms. The van der Waals surface area contributed by atoms with Crippen molar-refractivity contribution < 1.29 is 14.9 Å². The molecule has 1 saturated carbocycles. The number of benzene rings is 1. The van der Waals surface area contributed by atoms with Crippen LogP contribution in [-0.2, 0) is 0 Å². The Hall–Kier alpha value is -1.10. The second kappa shape index (κ2) is 5.69. The Morgan fingerprint density at radius 1 is 1.33 bits per heavy atom. The van der Waals surface area contributed by atoms with E-state index in [0.29, 0.717) is 13.1 Å². The number of aliphatic hydroxyl groups excluding tert-OH is 1. The van der Waals surface area contributed by atoms with E-state index in [1.165, 1.54) is 0 Å². The molecule has 0 heterocycles. The first-order valence-electron chi connectivity index (χ1n) is 6.38. The summed E-state index contributed by atoms with van der Waals surface area (Å²) in [6, 6.07) is 7.36. The van der Waals surface area contributed by atoms with Crippen molar-refractivity contribution in [1.29, 1.82) is 0 Å². The van der Waals surface area contributed by atoms with Crippen molar-refractivity contribution in [2.45, 2.75) is 31.0 Å². The van der Waals surface area contributed by atoms with Gasteiger partial charge < -0.3 is 20.3 Å². The van der Waals surface area contributed by atoms with Gasteiger partial charge in [0.2, 0.25) is 0 Å². The molecular weight excluding hydrogens is 230 g/mol. The lowest BCUT2D eigenvalue weighted by atomic mass is 9.80. The van der Waals surface area contributed by atoms with Crippen molar-refractivity contribution >= 4 is 0 Å². The maximum absolute atomic E-state index is 9.99. The smallest absolute Gasteiger partial charge is 0.118 e. The van der Waals surface area contributed by atoms with Crippen molar-refractivity contribution in [3.8, 4) is 5.75 Å². The highest BCUT2D eigenvalue weighted by Crippen LogP contribution is 2.30. The average Bonchev–Trinajstić information content (AvgIpc) is 2.36. The van der Waals surface area contributed by atoms with Gasteiger partial charge in [0.15, 0.2) is 0 Å². The molecule has 0 aromatic heterocycles. The van der Waals surface area contributed by atoms with Gasteiger partial charge in [-0.25, -0.2) is 0 Å². The highest BCUT2D eigenvalue weighted by Gasteiger charge is 2.33. The Bertz CT molecular complexity index is 373. The number of aliphatic hydroxyl groups is 2. The number of ether oxygens (including phenoxy) is 1. The van der Waals surface area contributed by atoms with Crippen molar-refractivity contribution in [3.63, 3.8) is 0 Å². The normalized spacial score (nSPS) is 19.1. The molecule has 3 N–H and O–H groups in total. The minimum Gasteiger partial charge on any atom is -0.497 e. The van der Waals surface area contributed by atoms with E-state index in [-0.39, 0.29) is 0 Å². The van der Waals surface area contributed by atoms with Gasteiger partial charge in [-0.15, -0.1) is 0 Å². The molecule has 1 fully saturated rings. The lowest BCUT2D eigenvalue weighted by Crippen LogP contribution is -2.46. The monoisotopic (exact) mass is 251 g/mol. The van der Waals surface area contributed by atoms with Gasteiger partial charge in [0.1, 0.15) is 5.75 Å². The van der Waals surface area contributed by atoms with Gasteiger partial charge in [-0.3, -0.25) is 0 Å². The second-order valence-electron chi connectivity index (χ2n) is 5.00. The summed E-state index contributed by atoms with van der Waals surface area (Å²) in [5.74, 6) is 0.780. The van der Waals surface area contributed by atoms with Crippen LogP contribution in [0.2, 0.25) is 0 Å². The van der Waals surface area contributed by atoms with Crippen LogP contribution in [0.15, 0.2) is 24.3 Å². The number of rotatable bonds is 6. The Morgan fingerprint density at radius 3 is 2.50 bits per heavy atom. The van der Waals surface area contributed by atoms with Crippen LogP contribution in [0.4, 0.5) is 0 Å². The largest absolute Gasteiger partial charge is 0.497 e. The van der Waals surface area contributed by atoms with Crippen molar-refractivity contribution in [1.82, 2.24) is 5.32 Å². The first-order valence-corrected chi connectivity index (χ1v) is 6.38. The van der Waals surface area contributed by atoms with Crippen molar-refractivity contribution in [2.75, 3.05) is 20.2 Å². The van der Waals surface area contributed by atoms with Gasteiger partial charge in [-0.2, -0.15) is 0 Å². The zero-order chi connectivity index (χ0) is 13.0. The van der Waals surface area contributed by atoms with Gasteiger partial charge in [-0.05, 0) is 37.0 Å². The lowest BCUT2D eigenvalue weighted by Gasteiger charge is -2.37. The number of hydrogen-bond donors (Lipinski definition) is 3. The third-order valence-corrected chi connectivity index (χ3v) is 3.58. The molecule has 1 aliphatic carbocycles. The van der Waals surface area contributed by atoms with E-state index in [2.05, 4.69) is 5.32 Å². The van der Waals surface area contributed by atoms with Crippen LogP contribution >= 0.6 is 0 Å². The molecule has 1 aromatic carbocycles. The summed E-state index contributed by atoms with van der Waals surface area (Å²) in [6.07, 6.45) is 2.26. The summed E-state index contributed by atoms with van der Waals surface area (Å²) < 4.78 is 5.07. The van der Waals surface area contributed by atoms with E-state index in [4.69, 9.17) is 4.74 Å². The van der Waals surface area contributed by atoms with E-state index >= 15 is 0 Å². The van der Waals surface area contributed by atoms with E-state index in [9.17, 15) is 10.2 Å². The molecule has 0 bridgehead atoms. The van der Waals surface area contributed by atoms with Gasteiger partial charge in [0.25, 0.3) is 0 Å². The lowest BCUT2D eigenvalue weighted by molar-refractivity contribution is -0.0328. The summed E-state index contributed by atoms with van der Waals surface area (Å²) >= 11 is 0. The van der Waals surface area contributed by atoms with E-state index in [1.54, 1.807) is 7.11 Å². The molecule has 0 spiro atoms. The van der Waals surface area contributed by atoms with Gasteiger partial charge in [0.05, 0.1) is 18.8 Å². The standard InChI is InChI=1S/C14H21NO3/c1-18-12-5-3-11(4-6-12)13(16)9-15-10-14(17)7-2-8-14/h3-6,13,15-17H,2,7-10H2,1H3. The van der Waals surface area contributed by atoms with Crippen molar-refractivity contribution in [2.24, 2.45) is 0 Å². The molecule has 4 nitrogen and oxygen atoms in total. The maximum atomic E-state index is 9.99. The third kappa shape index (κ3) is 3.22. The van der Waals surface area contributed by atoms with Crippen LogP contribution in [0.5, 0.6) is 5.75 Å². The first kappa shape index (κ1) is 13.3. The van der Waals surface area contributed by atoms with E-state index in [0.717, 1.165) is 30.6 Å².